The van der Waals surface area contributed by atoms with Gasteiger partial charge in [-0.3, -0.25) is 9.67 Å². The quantitative estimate of drug-likeness (QED) is 0.253. The molecule has 9 heteroatoms. The van der Waals surface area contributed by atoms with Crippen molar-refractivity contribution in [2.45, 2.75) is 19.1 Å². The summed E-state index contributed by atoms with van der Waals surface area (Å²) in [6, 6.07) is 13.4. The molecule has 0 radical (unpaired) electrons. The van der Waals surface area contributed by atoms with Gasteiger partial charge in [-0.25, -0.2) is 8.78 Å². The highest BCUT2D eigenvalue weighted by Gasteiger charge is 2.22. The molecular weight excluding hydrogens is 525 g/mol. The summed E-state index contributed by atoms with van der Waals surface area (Å²) >= 11 is 0. The van der Waals surface area contributed by atoms with E-state index in [1.54, 1.807) is 32.2 Å². The number of rotatable bonds is 8. The molecule has 2 N–H and O–H groups in total. The van der Waals surface area contributed by atoms with Crippen molar-refractivity contribution in [1.29, 1.82) is 0 Å². The highest BCUT2D eigenvalue weighted by Crippen LogP contribution is 2.23. The van der Waals surface area contributed by atoms with Crippen molar-refractivity contribution < 1.29 is 8.78 Å². The second kappa shape index (κ2) is 12.5. The maximum Gasteiger partial charge on any atom is 0.191 e. The van der Waals surface area contributed by atoms with E-state index in [0.717, 1.165) is 11.1 Å². The molecule has 0 amide bonds. The molecule has 1 aromatic heterocycles. The molecule has 0 aliphatic heterocycles. The van der Waals surface area contributed by atoms with Gasteiger partial charge < -0.3 is 15.5 Å². The van der Waals surface area contributed by atoms with Gasteiger partial charge in [0.1, 0.15) is 11.6 Å². The van der Waals surface area contributed by atoms with Crippen LogP contribution in [0.4, 0.5) is 8.78 Å². The fraction of sp³-hybridized carbons (Fsp3) is 0.304. The fourth-order valence-corrected chi connectivity index (χ4v) is 3.42. The van der Waals surface area contributed by atoms with Gasteiger partial charge in [0.25, 0.3) is 0 Å². The topological polar surface area (TPSA) is 57.5 Å². The van der Waals surface area contributed by atoms with Crippen LogP contribution in [0.2, 0.25) is 0 Å². The van der Waals surface area contributed by atoms with Crippen LogP contribution in [0.5, 0.6) is 0 Å². The van der Waals surface area contributed by atoms with Gasteiger partial charge in [0, 0.05) is 38.1 Å². The van der Waals surface area contributed by atoms with Crippen LogP contribution in [0.15, 0.2) is 65.9 Å². The fourth-order valence-electron chi connectivity index (χ4n) is 3.42. The van der Waals surface area contributed by atoms with Crippen molar-refractivity contribution in [2.75, 3.05) is 27.7 Å². The van der Waals surface area contributed by atoms with Gasteiger partial charge in [-0.2, -0.15) is 5.10 Å². The summed E-state index contributed by atoms with van der Waals surface area (Å²) in [5.74, 6) is -0.565. The molecule has 172 valence electrons. The van der Waals surface area contributed by atoms with Gasteiger partial charge in [0.05, 0.1) is 12.6 Å². The second-order valence-corrected chi connectivity index (χ2v) is 7.39. The Labute approximate surface area is 204 Å². The summed E-state index contributed by atoms with van der Waals surface area (Å²) in [6.07, 6.45) is 3.68. The van der Waals surface area contributed by atoms with Crippen LogP contribution in [-0.2, 0) is 13.1 Å². The zero-order valence-corrected chi connectivity index (χ0v) is 20.8. The average Bonchev–Trinajstić information content (AvgIpc) is 3.26. The number of nitrogens with one attached hydrogen (secondary N) is 2. The SMILES string of the molecule is CN=C(NCc1ccccc1Cn1cccn1)NCC(c1c(F)cccc1F)N(C)C.I. The number of halogens is 3. The zero-order valence-electron chi connectivity index (χ0n) is 18.4. The predicted octanol–water partition coefficient (Wildman–Crippen LogP) is 3.80. The summed E-state index contributed by atoms with van der Waals surface area (Å²) in [7, 11) is 5.25. The molecule has 0 bridgehead atoms. The molecular formula is C23H29F2IN6. The Bertz CT molecular complexity index is 987. The molecule has 0 aliphatic rings. The highest BCUT2D eigenvalue weighted by molar-refractivity contribution is 14.0. The zero-order chi connectivity index (χ0) is 22.2. The molecule has 1 atom stereocenters. The van der Waals surface area contributed by atoms with E-state index >= 15 is 0 Å². The number of likely N-dealkylation sites (N-methyl/N-ethyl adjacent to an activating group) is 1. The van der Waals surface area contributed by atoms with Gasteiger partial charge in [-0.15, -0.1) is 24.0 Å². The van der Waals surface area contributed by atoms with Crippen molar-refractivity contribution in [2.24, 2.45) is 4.99 Å². The van der Waals surface area contributed by atoms with Crippen LogP contribution >= 0.6 is 24.0 Å². The minimum Gasteiger partial charge on any atom is -0.354 e. The molecule has 0 spiro atoms. The first-order valence-corrected chi connectivity index (χ1v) is 10.1. The summed E-state index contributed by atoms with van der Waals surface area (Å²) in [4.78, 5) is 6.03. The van der Waals surface area contributed by atoms with E-state index in [0.29, 0.717) is 25.6 Å². The lowest BCUT2D eigenvalue weighted by molar-refractivity contribution is 0.282. The monoisotopic (exact) mass is 554 g/mol. The largest absolute Gasteiger partial charge is 0.354 e. The normalized spacial score (nSPS) is 12.4. The van der Waals surface area contributed by atoms with Gasteiger partial charge >= 0.3 is 0 Å². The van der Waals surface area contributed by atoms with E-state index in [2.05, 4.69) is 32.9 Å². The van der Waals surface area contributed by atoms with Crippen LogP contribution in [0, 0.1) is 11.6 Å². The Kier molecular flexibility index (Phi) is 10.0. The van der Waals surface area contributed by atoms with E-state index < -0.39 is 17.7 Å². The van der Waals surface area contributed by atoms with Gasteiger partial charge in [0.2, 0.25) is 0 Å². The van der Waals surface area contributed by atoms with Crippen LogP contribution in [-0.4, -0.2) is 48.3 Å². The third kappa shape index (κ3) is 6.73. The van der Waals surface area contributed by atoms with E-state index in [-0.39, 0.29) is 29.5 Å². The van der Waals surface area contributed by atoms with E-state index in [1.807, 2.05) is 29.1 Å². The number of hydrogen-bond donors (Lipinski definition) is 2. The van der Waals surface area contributed by atoms with Crippen molar-refractivity contribution in [1.82, 2.24) is 25.3 Å². The molecule has 0 fully saturated rings. The number of nitrogens with zero attached hydrogens (tertiary/aromatic N) is 4. The Balaban J connectivity index is 0.00000363. The van der Waals surface area contributed by atoms with Crippen LogP contribution in [0.25, 0.3) is 0 Å². The highest BCUT2D eigenvalue weighted by atomic mass is 127. The first kappa shape index (κ1) is 25.7. The molecule has 2 aromatic carbocycles. The molecule has 3 rings (SSSR count). The maximum absolute atomic E-state index is 14.3. The third-order valence-electron chi connectivity index (χ3n) is 5.10. The standard InChI is InChI=1S/C23H28F2N6.HI/c1-26-23(28-15-21(30(2)3)22-19(24)10-6-11-20(22)25)27-14-17-8-4-5-9-18(17)16-31-13-7-12-29-31;/h4-13,21H,14-16H2,1-3H3,(H2,26,27,28);1H. The van der Waals surface area contributed by atoms with Gasteiger partial charge in [-0.1, -0.05) is 30.3 Å². The van der Waals surface area contributed by atoms with Crippen molar-refractivity contribution in [3.8, 4) is 0 Å². The third-order valence-corrected chi connectivity index (χ3v) is 5.10. The lowest BCUT2D eigenvalue weighted by atomic mass is 10.0. The van der Waals surface area contributed by atoms with E-state index in [4.69, 9.17) is 0 Å². The summed E-state index contributed by atoms with van der Waals surface area (Å²) in [5, 5.41) is 10.7. The van der Waals surface area contributed by atoms with Gasteiger partial charge in [-0.05, 0) is 43.4 Å². The Morgan fingerprint density at radius 2 is 1.72 bits per heavy atom. The number of hydrogen-bond acceptors (Lipinski definition) is 3. The molecule has 6 nitrogen and oxygen atoms in total. The molecule has 1 heterocycles. The molecule has 0 saturated heterocycles. The average molecular weight is 554 g/mol. The van der Waals surface area contributed by atoms with Crippen molar-refractivity contribution in [3.63, 3.8) is 0 Å². The summed E-state index contributed by atoms with van der Waals surface area (Å²) in [6.45, 7) is 1.52. The minimum absolute atomic E-state index is 0. The lowest BCUT2D eigenvalue weighted by Gasteiger charge is -2.26. The number of benzene rings is 2. The second-order valence-electron chi connectivity index (χ2n) is 7.39. The van der Waals surface area contributed by atoms with Gasteiger partial charge in [0.15, 0.2) is 5.96 Å². The maximum atomic E-state index is 14.3. The molecule has 3 aromatic rings. The number of guanidine groups is 1. The van der Waals surface area contributed by atoms with Crippen LogP contribution < -0.4 is 10.6 Å². The number of aliphatic imine (C=N–C) groups is 1. The predicted molar refractivity (Wildman–Crippen MR) is 134 cm³/mol. The van der Waals surface area contributed by atoms with E-state index in [9.17, 15) is 8.78 Å². The minimum atomic E-state index is -0.559. The van der Waals surface area contributed by atoms with Crippen molar-refractivity contribution >= 4 is 29.9 Å². The summed E-state index contributed by atoms with van der Waals surface area (Å²) in [5.41, 5.74) is 2.30. The molecule has 1 unspecified atom stereocenters. The molecule has 0 aliphatic carbocycles. The van der Waals surface area contributed by atoms with Crippen LogP contribution in [0.3, 0.4) is 0 Å². The first-order valence-electron chi connectivity index (χ1n) is 10.1. The van der Waals surface area contributed by atoms with Crippen LogP contribution in [0.1, 0.15) is 22.7 Å². The van der Waals surface area contributed by atoms with Crippen molar-refractivity contribution in [3.05, 3.63) is 89.2 Å². The first-order chi connectivity index (χ1) is 15.0. The number of aromatic nitrogens is 2. The molecule has 32 heavy (non-hydrogen) atoms. The summed E-state index contributed by atoms with van der Waals surface area (Å²) < 4.78 is 30.4. The Morgan fingerprint density at radius 3 is 2.31 bits per heavy atom. The Morgan fingerprint density at radius 1 is 1.03 bits per heavy atom. The smallest absolute Gasteiger partial charge is 0.191 e. The van der Waals surface area contributed by atoms with E-state index in [1.165, 1.54) is 18.2 Å². The molecule has 0 saturated carbocycles. The lowest BCUT2D eigenvalue weighted by Crippen LogP contribution is -2.42. The Hall–Kier alpha value is -2.53.